The van der Waals surface area contributed by atoms with Gasteiger partial charge in [0.15, 0.2) is 6.33 Å². The molecular formula is C10H14N5O2S+. The van der Waals surface area contributed by atoms with E-state index in [0.29, 0.717) is 10.7 Å². The van der Waals surface area contributed by atoms with Crippen LogP contribution in [0.1, 0.15) is 13.3 Å². The lowest BCUT2D eigenvalue weighted by molar-refractivity contribution is -0.673. The molecule has 2 aromatic rings. The Balaban J connectivity index is 2.43. The van der Waals surface area contributed by atoms with E-state index in [1.165, 1.54) is 0 Å². The summed E-state index contributed by atoms with van der Waals surface area (Å²) in [6.45, 7) is 2.88. The molecule has 0 saturated carbocycles. The molecule has 0 spiro atoms. The Morgan fingerprint density at radius 2 is 2.39 bits per heavy atom. The Labute approximate surface area is 107 Å². The maximum Gasteiger partial charge on any atom is 0.313 e. The Hall–Kier alpha value is -1.83. The molecule has 96 valence electrons. The second-order valence-corrected chi connectivity index (χ2v) is 4.70. The molecule has 0 unspecified atom stereocenters. The summed E-state index contributed by atoms with van der Waals surface area (Å²) in [6, 6.07) is 0. The molecule has 0 atom stereocenters. The quantitative estimate of drug-likeness (QED) is 0.412. The number of aromatic nitrogens is 4. The molecule has 0 aromatic carbocycles. The smallest absolute Gasteiger partial charge is 0.313 e. The van der Waals surface area contributed by atoms with Gasteiger partial charge in [-0.05, 0) is 6.42 Å². The number of carbonyl (C=O) groups is 1. The second-order valence-electron chi connectivity index (χ2n) is 3.73. The number of fused-ring (bicyclic) bond motifs is 1. The summed E-state index contributed by atoms with van der Waals surface area (Å²) in [5, 5.41) is 9.26. The first-order valence-corrected chi connectivity index (χ1v) is 6.49. The predicted molar refractivity (Wildman–Crippen MR) is 67.1 cm³/mol. The first-order chi connectivity index (χ1) is 8.61. The summed E-state index contributed by atoms with van der Waals surface area (Å²) >= 11 is 1.13. The van der Waals surface area contributed by atoms with Crippen LogP contribution in [0.3, 0.4) is 0 Å². The van der Waals surface area contributed by atoms with Gasteiger partial charge in [-0.1, -0.05) is 23.7 Å². The van der Waals surface area contributed by atoms with E-state index in [4.69, 9.17) is 10.8 Å². The third-order valence-electron chi connectivity index (χ3n) is 2.31. The van der Waals surface area contributed by atoms with Gasteiger partial charge >= 0.3 is 11.6 Å². The number of hydrogen-bond acceptors (Lipinski definition) is 5. The minimum atomic E-state index is -0.890. The van der Waals surface area contributed by atoms with Crippen LogP contribution >= 0.6 is 11.8 Å². The molecule has 7 nitrogen and oxygen atoms in total. The van der Waals surface area contributed by atoms with Crippen molar-refractivity contribution in [2.45, 2.75) is 24.9 Å². The van der Waals surface area contributed by atoms with E-state index in [2.05, 4.69) is 21.9 Å². The Bertz CT molecular complexity index is 583. The van der Waals surface area contributed by atoms with E-state index < -0.39 is 5.97 Å². The number of aryl methyl sites for hydroxylation is 1. The van der Waals surface area contributed by atoms with Crippen LogP contribution in [-0.2, 0) is 11.3 Å². The van der Waals surface area contributed by atoms with Crippen LogP contribution in [0.2, 0.25) is 0 Å². The number of H-pyrrole nitrogens is 1. The van der Waals surface area contributed by atoms with Crippen LogP contribution in [0.4, 0.5) is 5.95 Å². The molecule has 0 aliphatic heterocycles. The maximum atomic E-state index is 10.6. The van der Waals surface area contributed by atoms with E-state index >= 15 is 0 Å². The number of carboxylic acid groups (broad SMARTS) is 1. The SMILES string of the molecule is CCC[n+]1c[nH]c2c(SCC(=O)O)nc(N)nc21. The van der Waals surface area contributed by atoms with Crippen molar-refractivity contribution in [3.8, 4) is 0 Å². The zero-order valence-corrected chi connectivity index (χ0v) is 10.7. The number of anilines is 1. The Morgan fingerprint density at radius 3 is 3.06 bits per heavy atom. The van der Waals surface area contributed by atoms with E-state index in [1.807, 2.05) is 4.57 Å². The minimum absolute atomic E-state index is 0.0572. The molecule has 2 aromatic heterocycles. The minimum Gasteiger partial charge on any atom is -0.481 e. The Morgan fingerprint density at radius 1 is 1.61 bits per heavy atom. The third kappa shape index (κ3) is 2.53. The summed E-state index contributed by atoms with van der Waals surface area (Å²) < 4.78 is 1.94. The molecule has 0 amide bonds. The highest BCUT2D eigenvalue weighted by Gasteiger charge is 2.19. The lowest BCUT2D eigenvalue weighted by Crippen LogP contribution is -2.32. The number of hydrogen-bond donors (Lipinski definition) is 3. The van der Waals surface area contributed by atoms with Crippen LogP contribution in [0.15, 0.2) is 11.4 Å². The molecule has 2 rings (SSSR count). The summed E-state index contributed by atoms with van der Waals surface area (Å²) in [6.07, 6.45) is 2.77. The van der Waals surface area contributed by atoms with E-state index in [9.17, 15) is 4.79 Å². The molecule has 4 N–H and O–H groups in total. The summed E-state index contributed by atoms with van der Waals surface area (Å²) in [4.78, 5) is 21.9. The number of nitrogens with two attached hydrogens (primary N) is 1. The molecule has 0 bridgehead atoms. The van der Waals surface area contributed by atoms with Gasteiger partial charge < -0.3 is 10.8 Å². The van der Waals surface area contributed by atoms with Crippen molar-refractivity contribution in [1.82, 2.24) is 15.0 Å². The second kappa shape index (κ2) is 5.21. The third-order valence-corrected chi connectivity index (χ3v) is 3.27. The van der Waals surface area contributed by atoms with Gasteiger partial charge in [-0.2, -0.15) is 4.98 Å². The fourth-order valence-electron chi connectivity index (χ4n) is 1.63. The van der Waals surface area contributed by atoms with Crippen molar-refractivity contribution in [2.75, 3.05) is 11.5 Å². The molecule has 0 radical (unpaired) electrons. The fourth-order valence-corrected chi connectivity index (χ4v) is 2.34. The van der Waals surface area contributed by atoms with Gasteiger partial charge in [-0.3, -0.25) is 9.78 Å². The zero-order chi connectivity index (χ0) is 13.1. The lowest BCUT2D eigenvalue weighted by Gasteiger charge is -1.98. The van der Waals surface area contributed by atoms with Crippen molar-refractivity contribution in [3.63, 3.8) is 0 Å². The van der Waals surface area contributed by atoms with Gasteiger partial charge in [0, 0.05) is 0 Å². The van der Waals surface area contributed by atoms with Gasteiger partial charge in [-0.25, -0.2) is 4.57 Å². The van der Waals surface area contributed by atoms with Gasteiger partial charge in [0.2, 0.25) is 5.52 Å². The standard InChI is InChI=1S/C10H13N5O2S/c1-2-3-15-5-12-7-8(15)13-10(11)14-9(7)18-4-6(16)17/h5H,2-4H2,1H3,(H3,11,13,14,16,17)/p+1. The monoisotopic (exact) mass is 268 g/mol. The number of carboxylic acids is 1. The lowest BCUT2D eigenvalue weighted by atomic mass is 10.4. The maximum absolute atomic E-state index is 10.6. The number of aliphatic carboxylic acids is 1. The number of nitrogens with one attached hydrogen (secondary N) is 1. The van der Waals surface area contributed by atoms with Crippen LogP contribution in [0.5, 0.6) is 0 Å². The Kier molecular flexibility index (Phi) is 3.66. The molecule has 0 aliphatic rings. The average molecular weight is 268 g/mol. The highest BCUT2D eigenvalue weighted by Crippen LogP contribution is 2.22. The van der Waals surface area contributed by atoms with Gasteiger partial charge in [0.05, 0.1) is 12.3 Å². The fraction of sp³-hybridized carbons (Fsp3) is 0.400. The van der Waals surface area contributed by atoms with E-state index in [0.717, 1.165) is 30.2 Å². The van der Waals surface area contributed by atoms with Crippen molar-refractivity contribution in [2.24, 2.45) is 0 Å². The highest BCUT2D eigenvalue weighted by atomic mass is 32.2. The zero-order valence-electron chi connectivity index (χ0n) is 9.88. The summed E-state index contributed by atoms with van der Waals surface area (Å²) in [5.41, 5.74) is 7.08. The number of aromatic amines is 1. The molecule has 0 fully saturated rings. The topological polar surface area (TPSA) is 109 Å². The normalized spacial score (nSPS) is 10.9. The molecule has 18 heavy (non-hydrogen) atoms. The van der Waals surface area contributed by atoms with E-state index in [-0.39, 0.29) is 11.7 Å². The largest absolute Gasteiger partial charge is 0.481 e. The molecule has 8 heteroatoms. The number of thioether (sulfide) groups is 1. The van der Waals surface area contributed by atoms with Gasteiger partial charge in [0.25, 0.3) is 5.95 Å². The molecule has 0 aliphatic carbocycles. The first-order valence-electron chi connectivity index (χ1n) is 5.50. The van der Waals surface area contributed by atoms with Crippen molar-refractivity contribution < 1.29 is 14.5 Å². The molecular weight excluding hydrogens is 254 g/mol. The highest BCUT2D eigenvalue weighted by molar-refractivity contribution is 8.00. The summed E-state index contributed by atoms with van der Waals surface area (Å²) in [7, 11) is 0. The van der Waals surface area contributed by atoms with Crippen LogP contribution in [-0.4, -0.2) is 31.8 Å². The number of rotatable bonds is 5. The predicted octanol–water partition coefficient (Wildman–Crippen LogP) is 0.414. The van der Waals surface area contributed by atoms with Gasteiger partial charge in [0.1, 0.15) is 5.03 Å². The number of nitrogen functional groups attached to an aromatic ring is 1. The van der Waals surface area contributed by atoms with Crippen LogP contribution < -0.4 is 10.3 Å². The number of imidazole rings is 1. The van der Waals surface area contributed by atoms with Gasteiger partial charge in [-0.15, -0.1) is 0 Å². The molecule has 2 heterocycles. The number of nitrogens with zero attached hydrogens (tertiary/aromatic N) is 3. The molecule has 0 saturated heterocycles. The van der Waals surface area contributed by atoms with Crippen molar-refractivity contribution in [1.29, 1.82) is 0 Å². The first kappa shape index (κ1) is 12.6. The van der Waals surface area contributed by atoms with E-state index in [1.54, 1.807) is 6.33 Å². The van der Waals surface area contributed by atoms with Crippen LogP contribution in [0.25, 0.3) is 11.2 Å². The average Bonchev–Trinajstić information content (AvgIpc) is 2.70. The summed E-state index contributed by atoms with van der Waals surface area (Å²) in [5.74, 6) is -0.795. The van der Waals surface area contributed by atoms with Crippen molar-refractivity contribution >= 4 is 34.8 Å². The van der Waals surface area contributed by atoms with Crippen LogP contribution in [0, 0.1) is 0 Å². The van der Waals surface area contributed by atoms with Crippen molar-refractivity contribution in [3.05, 3.63) is 6.33 Å².